The molecule has 0 N–H and O–H groups in total. The first-order valence-electron chi connectivity index (χ1n) is 13.5. The fraction of sp³-hybridized carbons (Fsp3) is 0.607. The third kappa shape index (κ3) is 6.13. The van der Waals surface area contributed by atoms with Crippen LogP contribution in [-0.2, 0) is 24.1 Å². The van der Waals surface area contributed by atoms with Gasteiger partial charge in [-0.15, -0.1) is 0 Å². The average Bonchev–Trinajstić information content (AvgIpc) is 3.08. The van der Waals surface area contributed by atoms with E-state index in [0.717, 1.165) is 68.0 Å². The van der Waals surface area contributed by atoms with Crippen molar-refractivity contribution in [3.8, 4) is 5.75 Å². The summed E-state index contributed by atoms with van der Waals surface area (Å²) in [5, 5.41) is 0. The molecule has 0 unspecified atom stereocenters. The van der Waals surface area contributed by atoms with Crippen LogP contribution in [0.4, 0.5) is 5.95 Å². The predicted molar refractivity (Wildman–Crippen MR) is 140 cm³/mol. The Morgan fingerprint density at radius 3 is 2.49 bits per heavy atom. The molecule has 2 aromatic rings. The van der Waals surface area contributed by atoms with Crippen molar-refractivity contribution in [1.82, 2.24) is 19.8 Å². The van der Waals surface area contributed by atoms with Crippen molar-refractivity contribution in [3.63, 3.8) is 0 Å². The van der Waals surface area contributed by atoms with E-state index in [1.54, 1.807) is 0 Å². The van der Waals surface area contributed by atoms with Gasteiger partial charge < -0.3 is 14.5 Å². The molecule has 2 aliphatic heterocycles. The SMILES string of the molecule is CC.CCOc1ccccc1CC(=O)N1CCc2cnc(N3CCN(C4CCC4)CC3)nc2CC1. The Bertz CT molecular complexity index is 970. The molecule has 3 heterocycles. The molecule has 190 valence electrons. The lowest BCUT2D eigenvalue weighted by atomic mass is 9.91. The quantitative estimate of drug-likeness (QED) is 0.629. The smallest absolute Gasteiger partial charge is 0.227 e. The van der Waals surface area contributed by atoms with Crippen molar-refractivity contribution < 1.29 is 9.53 Å². The van der Waals surface area contributed by atoms with Gasteiger partial charge in [-0.1, -0.05) is 38.5 Å². The Hall–Kier alpha value is -2.67. The lowest BCUT2D eigenvalue weighted by Gasteiger charge is -2.43. The highest BCUT2D eigenvalue weighted by atomic mass is 16.5. The molecule has 1 saturated carbocycles. The van der Waals surface area contributed by atoms with Crippen LogP contribution in [0.15, 0.2) is 30.5 Å². The summed E-state index contributed by atoms with van der Waals surface area (Å²) in [4.78, 5) is 29.7. The summed E-state index contributed by atoms with van der Waals surface area (Å²) in [6, 6.07) is 8.65. The molecule has 1 aromatic heterocycles. The molecule has 5 rings (SSSR count). The average molecular weight is 480 g/mol. The Morgan fingerprint density at radius 1 is 1.03 bits per heavy atom. The van der Waals surface area contributed by atoms with E-state index in [-0.39, 0.29) is 5.91 Å². The van der Waals surface area contributed by atoms with Crippen LogP contribution in [0.1, 0.15) is 56.9 Å². The van der Waals surface area contributed by atoms with Crippen molar-refractivity contribution in [1.29, 1.82) is 0 Å². The molecule has 1 aromatic carbocycles. The zero-order valence-electron chi connectivity index (χ0n) is 21.7. The molecule has 0 bridgehead atoms. The number of aromatic nitrogens is 2. The van der Waals surface area contributed by atoms with Gasteiger partial charge in [-0.05, 0) is 37.8 Å². The number of nitrogens with zero attached hydrogens (tertiary/aromatic N) is 5. The molecule has 1 saturated heterocycles. The number of ether oxygens (including phenoxy) is 1. The van der Waals surface area contributed by atoms with Crippen molar-refractivity contribution in [2.24, 2.45) is 0 Å². The van der Waals surface area contributed by atoms with E-state index < -0.39 is 0 Å². The fourth-order valence-electron chi connectivity index (χ4n) is 5.13. The first-order valence-corrected chi connectivity index (χ1v) is 13.5. The largest absolute Gasteiger partial charge is 0.494 e. The minimum absolute atomic E-state index is 0.148. The predicted octanol–water partition coefficient (Wildman–Crippen LogP) is 3.75. The van der Waals surface area contributed by atoms with Crippen LogP contribution in [0.25, 0.3) is 0 Å². The van der Waals surface area contributed by atoms with E-state index in [9.17, 15) is 4.79 Å². The number of carbonyl (C=O) groups excluding carboxylic acids is 1. The molecule has 7 heteroatoms. The molecule has 0 atom stereocenters. The molecule has 2 fully saturated rings. The van der Waals surface area contributed by atoms with Gasteiger partial charge in [0.25, 0.3) is 0 Å². The highest BCUT2D eigenvalue weighted by Gasteiger charge is 2.29. The fourth-order valence-corrected chi connectivity index (χ4v) is 5.13. The molecule has 7 nitrogen and oxygen atoms in total. The van der Waals surface area contributed by atoms with Gasteiger partial charge in [-0.2, -0.15) is 0 Å². The third-order valence-electron chi connectivity index (χ3n) is 7.37. The van der Waals surface area contributed by atoms with Crippen LogP contribution >= 0.6 is 0 Å². The van der Waals surface area contributed by atoms with E-state index in [0.29, 0.717) is 26.1 Å². The Morgan fingerprint density at radius 2 is 1.77 bits per heavy atom. The summed E-state index contributed by atoms with van der Waals surface area (Å²) in [7, 11) is 0. The second-order valence-corrected chi connectivity index (χ2v) is 9.35. The zero-order chi connectivity index (χ0) is 24.6. The number of hydrogen-bond acceptors (Lipinski definition) is 6. The van der Waals surface area contributed by atoms with E-state index >= 15 is 0 Å². The summed E-state index contributed by atoms with van der Waals surface area (Å²) in [5.41, 5.74) is 3.23. The Labute approximate surface area is 210 Å². The van der Waals surface area contributed by atoms with Crippen LogP contribution in [0.5, 0.6) is 5.75 Å². The zero-order valence-corrected chi connectivity index (χ0v) is 21.7. The molecule has 1 amide bonds. The summed E-state index contributed by atoms with van der Waals surface area (Å²) >= 11 is 0. The second kappa shape index (κ2) is 12.3. The van der Waals surface area contributed by atoms with Gasteiger partial charge in [0.05, 0.1) is 18.7 Å². The van der Waals surface area contributed by atoms with Crippen LogP contribution in [0.3, 0.4) is 0 Å². The molecule has 1 aliphatic carbocycles. The lowest BCUT2D eigenvalue weighted by molar-refractivity contribution is -0.130. The van der Waals surface area contributed by atoms with Gasteiger partial charge in [-0.25, -0.2) is 9.97 Å². The number of piperazine rings is 1. The van der Waals surface area contributed by atoms with Gasteiger partial charge in [0.1, 0.15) is 5.75 Å². The van der Waals surface area contributed by atoms with Gasteiger partial charge in [0.15, 0.2) is 0 Å². The maximum absolute atomic E-state index is 13.1. The van der Waals surface area contributed by atoms with Gasteiger partial charge >= 0.3 is 0 Å². The minimum atomic E-state index is 0.148. The van der Waals surface area contributed by atoms with Crippen molar-refractivity contribution in [2.75, 3.05) is 50.8 Å². The maximum Gasteiger partial charge on any atom is 0.227 e. The maximum atomic E-state index is 13.1. The van der Waals surface area contributed by atoms with Crippen LogP contribution in [0.2, 0.25) is 0 Å². The van der Waals surface area contributed by atoms with E-state index in [2.05, 4.69) is 9.80 Å². The summed E-state index contributed by atoms with van der Waals surface area (Å²) in [6.07, 6.45) is 8.07. The van der Waals surface area contributed by atoms with Crippen molar-refractivity contribution in [3.05, 3.63) is 47.3 Å². The summed E-state index contributed by atoms with van der Waals surface area (Å²) in [5.74, 6) is 1.81. The summed E-state index contributed by atoms with van der Waals surface area (Å²) in [6.45, 7) is 12.2. The monoisotopic (exact) mass is 479 g/mol. The summed E-state index contributed by atoms with van der Waals surface area (Å²) < 4.78 is 5.70. The Kier molecular flexibility index (Phi) is 8.96. The Balaban J connectivity index is 0.00000141. The topological polar surface area (TPSA) is 61.8 Å². The number of rotatable bonds is 6. The number of para-hydroxylation sites is 1. The highest BCUT2D eigenvalue weighted by molar-refractivity contribution is 5.79. The standard InChI is InChI=1S/C26H35N5O2.C2H6/c1-2-33-24-9-4-3-6-20(24)18-25(32)30-12-10-21-19-27-26(28-23(21)11-13-30)31-16-14-29(15-17-31)22-7-5-8-22;1-2/h3-4,6,9,19,22H,2,5,7-8,10-18H2,1H3;1-2H3. The van der Waals surface area contributed by atoms with Gasteiger partial charge in [0.2, 0.25) is 11.9 Å². The third-order valence-corrected chi connectivity index (χ3v) is 7.37. The minimum Gasteiger partial charge on any atom is -0.494 e. The number of hydrogen-bond donors (Lipinski definition) is 0. The number of carbonyl (C=O) groups is 1. The normalized spacial score (nSPS) is 18.6. The molecule has 3 aliphatic rings. The number of benzene rings is 1. The first-order chi connectivity index (χ1) is 17.2. The second-order valence-electron chi connectivity index (χ2n) is 9.35. The molecular formula is C28H41N5O2. The van der Waals surface area contributed by atoms with E-state index in [4.69, 9.17) is 14.7 Å². The number of amides is 1. The van der Waals surface area contributed by atoms with Crippen molar-refractivity contribution in [2.45, 2.75) is 65.3 Å². The molecule has 0 spiro atoms. The van der Waals surface area contributed by atoms with E-state index in [1.165, 1.54) is 24.8 Å². The lowest BCUT2D eigenvalue weighted by Crippen LogP contribution is -2.52. The highest BCUT2D eigenvalue weighted by Crippen LogP contribution is 2.26. The van der Waals surface area contributed by atoms with Crippen LogP contribution < -0.4 is 9.64 Å². The molecule has 0 radical (unpaired) electrons. The van der Waals surface area contributed by atoms with Crippen molar-refractivity contribution >= 4 is 11.9 Å². The molecular weight excluding hydrogens is 438 g/mol. The van der Waals surface area contributed by atoms with Crippen LogP contribution in [-0.4, -0.2) is 77.6 Å². The molecule has 35 heavy (non-hydrogen) atoms. The van der Waals surface area contributed by atoms with E-state index in [1.807, 2.05) is 56.1 Å². The van der Waals surface area contributed by atoms with Gasteiger partial charge in [-0.3, -0.25) is 9.69 Å². The van der Waals surface area contributed by atoms with Gasteiger partial charge in [0, 0.05) is 63.5 Å². The first kappa shape index (κ1) is 25.4. The number of anilines is 1. The number of fused-ring (bicyclic) bond motifs is 1. The van der Waals surface area contributed by atoms with Crippen LogP contribution in [0, 0.1) is 0 Å².